The largest absolute Gasteiger partial charge is 0.380 e. The van der Waals surface area contributed by atoms with Crippen LogP contribution < -0.4 is 10.0 Å². The standard InChI is InChI=1S/C24H20N2O4S/c27-23-19-13-7-8-14-20(19)24(28)22(26-31(29,30)18-11-5-2-6-12-18)21(23)25-16-15-17-9-3-1-4-10-17/h1-14,25-26H,15-16H2. The number of benzene rings is 3. The first-order chi connectivity index (χ1) is 15.0. The van der Waals surface area contributed by atoms with Crippen molar-refractivity contribution >= 4 is 21.6 Å². The van der Waals surface area contributed by atoms with Crippen LogP contribution in [0.1, 0.15) is 26.3 Å². The monoisotopic (exact) mass is 432 g/mol. The molecule has 0 radical (unpaired) electrons. The molecule has 1 aliphatic carbocycles. The van der Waals surface area contributed by atoms with Gasteiger partial charge in [0, 0.05) is 17.7 Å². The van der Waals surface area contributed by atoms with E-state index in [1.54, 1.807) is 36.4 Å². The topological polar surface area (TPSA) is 92.3 Å². The van der Waals surface area contributed by atoms with Crippen molar-refractivity contribution in [3.63, 3.8) is 0 Å². The Labute approximate surface area is 180 Å². The molecule has 0 fully saturated rings. The lowest BCUT2D eigenvalue weighted by molar-refractivity contribution is 0.0965. The van der Waals surface area contributed by atoms with Crippen LogP contribution in [0.5, 0.6) is 0 Å². The SMILES string of the molecule is O=C1C(NCCc2ccccc2)=C(NS(=O)(=O)c2ccccc2)C(=O)c2ccccc21. The number of Topliss-reactive ketones (excluding diaryl/α,β-unsaturated/α-hetero) is 2. The van der Waals surface area contributed by atoms with E-state index < -0.39 is 21.6 Å². The van der Waals surface area contributed by atoms with Crippen molar-refractivity contribution in [1.82, 2.24) is 10.0 Å². The van der Waals surface area contributed by atoms with Crippen molar-refractivity contribution in [2.45, 2.75) is 11.3 Å². The van der Waals surface area contributed by atoms with Crippen molar-refractivity contribution in [1.29, 1.82) is 0 Å². The van der Waals surface area contributed by atoms with E-state index in [-0.39, 0.29) is 27.4 Å². The third-order valence-electron chi connectivity index (χ3n) is 4.97. The number of hydrogen-bond donors (Lipinski definition) is 2. The van der Waals surface area contributed by atoms with Crippen LogP contribution in [-0.2, 0) is 16.4 Å². The zero-order valence-electron chi connectivity index (χ0n) is 16.5. The number of fused-ring (bicyclic) bond motifs is 1. The second kappa shape index (κ2) is 8.57. The second-order valence-electron chi connectivity index (χ2n) is 7.03. The lowest BCUT2D eigenvalue weighted by Crippen LogP contribution is -2.38. The van der Waals surface area contributed by atoms with Crippen LogP contribution in [0.3, 0.4) is 0 Å². The van der Waals surface area contributed by atoms with E-state index in [0.717, 1.165) is 5.56 Å². The number of sulfonamides is 1. The van der Waals surface area contributed by atoms with Crippen LogP contribution >= 0.6 is 0 Å². The summed E-state index contributed by atoms with van der Waals surface area (Å²) in [6, 6.07) is 23.8. The Morgan fingerprint density at radius 2 is 1.16 bits per heavy atom. The van der Waals surface area contributed by atoms with E-state index in [9.17, 15) is 18.0 Å². The Morgan fingerprint density at radius 3 is 1.77 bits per heavy atom. The van der Waals surface area contributed by atoms with Gasteiger partial charge in [0.1, 0.15) is 11.4 Å². The van der Waals surface area contributed by atoms with Crippen molar-refractivity contribution in [3.8, 4) is 0 Å². The van der Waals surface area contributed by atoms with Crippen LogP contribution in [0.15, 0.2) is 101 Å². The third-order valence-corrected chi connectivity index (χ3v) is 6.33. The number of carbonyl (C=O) groups is 2. The third kappa shape index (κ3) is 4.27. The van der Waals surface area contributed by atoms with Gasteiger partial charge in [-0.05, 0) is 24.1 Å². The number of rotatable bonds is 7. The van der Waals surface area contributed by atoms with E-state index in [0.29, 0.717) is 13.0 Å². The molecule has 3 aromatic rings. The van der Waals surface area contributed by atoms with Crippen LogP contribution in [-0.4, -0.2) is 26.5 Å². The molecule has 0 saturated heterocycles. The molecule has 7 heteroatoms. The molecule has 31 heavy (non-hydrogen) atoms. The van der Waals surface area contributed by atoms with E-state index >= 15 is 0 Å². The molecule has 0 bridgehead atoms. The average Bonchev–Trinajstić information content (AvgIpc) is 2.80. The fourth-order valence-corrected chi connectivity index (χ4v) is 4.51. The fourth-order valence-electron chi connectivity index (χ4n) is 3.41. The Hall–Kier alpha value is -3.71. The summed E-state index contributed by atoms with van der Waals surface area (Å²) in [7, 11) is -4.05. The van der Waals surface area contributed by atoms with E-state index in [2.05, 4.69) is 10.0 Å². The molecule has 1 aliphatic rings. The average molecular weight is 433 g/mol. The van der Waals surface area contributed by atoms with Gasteiger partial charge in [-0.2, -0.15) is 0 Å². The van der Waals surface area contributed by atoms with Gasteiger partial charge < -0.3 is 5.32 Å². The number of ketones is 2. The quantitative estimate of drug-likeness (QED) is 0.599. The molecule has 2 N–H and O–H groups in total. The zero-order chi connectivity index (χ0) is 21.8. The summed E-state index contributed by atoms with van der Waals surface area (Å²) in [4.78, 5) is 26.3. The van der Waals surface area contributed by atoms with E-state index in [4.69, 9.17) is 0 Å². The van der Waals surface area contributed by atoms with Gasteiger partial charge in [-0.25, -0.2) is 8.42 Å². The summed E-state index contributed by atoms with van der Waals surface area (Å²) in [5.74, 6) is -0.967. The van der Waals surface area contributed by atoms with Gasteiger partial charge in [-0.15, -0.1) is 0 Å². The summed E-state index contributed by atoms with van der Waals surface area (Å²) < 4.78 is 28.1. The highest BCUT2D eigenvalue weighted by atomic mass is 32.2. The highest BCUT2D eigenvalue weighted by Gasteiger charge is 2.34. The molecule has 0 aliphatic heterocycles. The number of hydrogen-bond acceptors (Lipinski definition) is 5. The normalized spacial score (nSPS) is 13.7. The molecule has 0 saturated carbocycles. The Kier molecular flexibility index (Phi) is 5.68. The summed E-state index contributed by atoms with van der Waals surface area (Å²) in [5.41, 5.74) is 1.17. The predicted molar refractivity (Wildman–Crippen MR) is 117 cm³/mol. The van der Waals surface area contributed by atoms with Crippen LogP contribution in [0.25, 0.3) is 0 Å². The van der Waals surface area contributed by atoms with Gasteiger partial charge in [0.05, 0.1) is 4.90 Å². The lowest BCUT2D eigenvalue weighted by Gasteiger charge is -2.23. The smallest absolute Gasteiger partial charge is 0.262 e. The Morgan fingerprint density at radius 1 is 0.645 bits per heavy atom. The van der Waals surface area contributed by atoms with Crippen molar-refractivity contribution in [2.75, 3.05) is 6.54 Å². The number of nitrogens with one attached hydrogen (secondary N) is 2. The maximum atomic E-state index is 13.1. The number of carbonyl (C=O) groups excluding carboxylic acids is 2. The molecular weight excluding hydrogens is 412 g/mol. The summed E-state index contributed by atoms with van der Waals surface area (Å²) in [5, 5.41) is 3.00. The maximum Gasteiger partial charge on any atom is 0.262 e. The van der Waals surface area contributed by atoms with Crippen molar-refractivity contribution < 1.29 is 18.0 Å². The molecule has 4 rings (SSSR count). The molecule has 6 nitrogen and oxygen atoms in total. The summed E-state index contributed by atoms with van der Waals surface area (Å²) >= 11 is 0. The fraction of sp³-hybridized carbons (Fsp3) is 0.0833. The highest BCUT2D eigenvalue weighted by molar-refractivity contribution is 7.89. The van der Waals surface area contributed by atoms with Gasteiger partial charge in [0.2, 0.25) is 11.6 Å². The second-order valence-corrected chi connectivity index (χ2v) is 8.72. The van der Waals surface area contributed by atoms with Gasteiger partial charge >= 0.3 is 0 Å². The Balaban J connectivity index is 1.69. The van der Waals surface area contributed by atoms with Crippen molar-refractivity contribution in [2.24, 2.45) is 0 Å². The van der Waals surface area contributed by atoms with Gasteiger partial charge in [-0.3, -0.25) is 14.3 Å². The molecule has 156 valence electrons. The van der Waals surface area contributed by atoms with Gasteiger partial charge in [0.15, 0.2) is 0 Å². The zero-order valence-corrected chi connectivity index (χ0v) is 17.4. The Bertz CT molecular complexity index is 1270. The molecule has 0 heterocycles. The number of allylic oxidation sites excluding steroid dienone is 2. The molecule has 0 aromatic heterocycles. The first-order valence-electron chi connectivity index (χ1n) is 9.76. The van der Waals surface area contributed by atoms with Crippen LogP contribution in [0.4, 0.5) is 0 Å². The summed E-state index contributed by atoms with van der Waals surface area (Å²) in [6.07, 6.45) is 0.603. The lowest BCUT2D eigenvalue weighted by atomic mass is 9.90. The molecule has 0 unspecified atom stereocenters. The first-order valence-corrected chi connectivity index (χ1v) is 11.2. The molecule has 3 aromatic carbocycles. The molecule has 0 atom stereocenters. The molecule has 0 spiro atoms. The molecular formula is C24H20N2O4S. The summed E-state index contributed by atoms with van der Waals surface area (Å²) in [6.45, 7) is 0.358. The van der Waals surface area contributed by atoms with Crippen LogP contribution in [0.2, 0.25) is 0 Å². The highest BCUT2D eigenvalue weighted by Crippen LogP contribution is 2.25. The van der Waals surface area contributed by atoms with Gasteiger partial charge in [0.25, 0.3) is 10.0 Å². The minimum absolute atomic E-state index is 0.00485. The van der Waals surface area contributed by atoms with Crippen molar-refractivity contribution in [3.05, 3.63) is 113 Å². The predicted octanol–water partition coefficient (Wildman–Crippen LogP) is 3.09. The van der Waals surface area contributed by atoms with E-state index in [1.165, 1.54) is 18.2 Å². The maximum absolute atomic E-state index is 13.1. The first kappa shape index (κ1) is 20.6. The van der Waals surface area contributed by atoms with Crippen LogP contribution in [0, 0.1) is 0 Å². The van der Waals surface area contributed by atoms with E-state index in [1.807, 2.05) is 30.3 Å². The minimum Gasteiger partial charge on any atom is -0.380 e. The van der Waals surface area contributed by atoms with Gasteiger partial charge in [-0.1, -0.05) is 72.8 Å². The molecule has 0 amide bonds. The minimum atomic E-state index is -4.05.